The van der Waals surface area contributed by atoms with Gasteiger partial charge in [-0.3, -0.25) is 39.5 Å². The van der Waals surface area contributed by atoms with Crippen molar-refractivity contribution in [1.29, 1.82) is 0 Å². The molecule has 1 aliphatic rings. The smallest absolute Gasteiger partial charge is 0.318 e. The van der Waals surface area contributed by atoms with E-state index in [1.807, 2.05) is 0 Å². The first kappa shape index (κ1) is 29.8. The number of hydrogen-bond donors (Lipinski definition) is 0. The number of methoxy groups -OCH3 is 3. The first-order valence-corrected chi connectivity index (χ1v) is 12.7. The van der Waals surface area contributed by atoms with Crippen molar-refractivity contribution in [2.24, 2.45) is 11.8 Å². The van der Waals surface area contributed by atoms with E-state index < -0.39 is 51.5 Å². The summed E-state index contributed by atoms with van der Waals surface area (Å²) < 4.78 is 15.2. The number of carbonyl (C=O) groups is 3. The lowest BCUT2D eigenvalue weighted by Gasteiger charge is -2.47. The summed E-state index contributed by atoms with van der Waals surface area (Å²) in [6.45, 7) is 0.0129. The maximum atomic E-state index is 14.1. The van der Waals surface area contributed by atoms with E-state index in [2.05, 4.69) is 0 Å². The van der Waals surface area contributed by atoms with Crippen molar-refractivity contribution in [2.75, 3.05) is 21.3 Å². The summed E-state index contributed by atoms with van der Waals surface area (Å²) >= 11 is 0. The molecule has 0 aromatic heterocycles. The SMILES string of the molecule is COC(=O)C1C(=O)C(C(=O)OC)[C@H](c2cccc([N+](=O)[O-])c2)N(Cc2ccc(OC)cc2)[C@@H]1c1cccc([N+](=O)[O-])c1. The van der Waals surface area contributed by atoms with Gasteiger partial charge in [0.25, 0.3) is 11.4 Å². The lowest BCUT2D eigenvalue weighted by molar-refractivity contribution is -0.385. The van der Waals surface area contributed by atoms with Crippen molar-refractivity contribution in [3.05, 3.63) is 110 Å². The highest BCUT2D eigenvalue weighted by molar-refractivity contribution is 6.10. The highest BCUT2D eigenvalue weighted by atomic mass is 16.6. The van der Waals surface area contributed by atoms with Crippen LogP contribution in [0.3, 0.4) is 0 Å². The van der Waals surface area contributed by atoms with E-state index in [-0.39, 0.29) is 29.0 Å². The molecule has 0 aliphatic carbocycles. The standard InChI is InChI=1S/C29H27N3O10/c1-40-22-12-10-17(11-13-22)16-30-25(18-6-4-8-20(14-18)31(36)37)23(28(34)41-2)27(33)24(29(35)42-3)26(30)19-7-5-9-21(15-19)32(38)39/h4-15,23-26H,16H2,1-3H3/t23?,24?,25-,26+. The van der Waals surface area contributed by atoms with E-state index in [0.717, 1.165) is 14.2 Å². The van der Waals surface area contributed by atoms with Gasteiger partial charge in [-0.25, -0.2) is 0 Å². The second-order valence-corrected chi connectivity index (χ2v) is 9.52. The Bertz CT molecular complexity index is 1440. The molecule has 3 aromatic carbocycles. The zero-order valence-corrected chi connectivity index (χ0v) is 22.9. The Morgan fingerprint density at radius 1 is 0.762 bits per heavy atom. The number of ketones is 1. The quantitative estimate of drug-likeness (QED) is 0.156. The van der Waals surface area contributed by atoms with Crippen molar-refractivity contribution in [1.82, 2.24) is 4.90 Å². The van der Waals surface area contributed by atoms with Crippen LogP contribution in [0.4, 0.5) is 11.4 Å². The minimum atomic E-state index is -1.59. The van der Waals surface area contributed by atoms with Crippen molar-refractivity contribution in [3.63, 3.8) is 0 Å². The highest BCUT2D eigenvalue weighted by Crippen LogP contribution is 2.49. The van der Waals surface area contributed by atoms with Gasteiger partial charge in [0.1, 0.15) is 17.6 Å². The number of nitro groups is 2. The summed E-state index contributed by atoms with van der Waals surface area (Å²) in [5.74, 6) is -5.36. The van der Waals surface area contributed by atoms with Gasteiger partial charge in [0.05, 0.1) is 43.3 Å². The van der Waals surface area contributed by atoms with E-state index in [1.54, 1.807) is 29.2 Å². The predicted octanol–water partition coefficient (Wildman–Crippen LogP) is 3.96. The lowest BCUT2D eigenvalue weighted by Crippen LogP contribution is -2.55. The molecule has 1 saturated heterocycles. The third-order valence-corrected chi connectivity index (χ3v) is 7.24. The number of likely N-dealkylation sites (tertiary alicyclic amines) is 1. The number of non-ortho nitro benzene ring substituents is 2. The molecule has 42 heavy (non-hydrogen) atoms. The van der Waals surface area contributed by atoms with Gasteiger partial charge < -0.3 is 14.2 Å². The molecule has 0 bridgehead atoms. The molecule has 0 spiro atoms. The van der Waals surface area contributed by atoms with Gasteiger partial charge in [-0.1, -0.05) is 36.4 Å². The Morgan fingerprint density at radius 2 is 1.21 bits per heavy atom. The average molecular weight is 578 g/mol. The van der Waals surface area contributed by atoms with E-state index in [0.29, 0.717) is 11.3 Å². The van der Waals surface area contributed by atoms with Crippen LogP contribution in [-0.4, -0.2) is 53.8 Å². The Balaban J connectivity index is 2.03. The summed E-state index contributed by atoms with van der Waals surface area (Å²) in [7, 11) is 3.69. The van der Waals surface area contributed by atoms with Crippen molar-refractivity contribution < 1.29 is 38.4 Å². The van der Waals surface area contributed by atoms with Crippen LogP contribution in [0.2, 0.25) is 0 Å². The predicted molar refractivity (Wildman–Crippen MR) is 146 cm³/mol. The first-order valence-electron chi connectivity index (χ1n) is 12.7. The van der Waals surface area contributed by atoms with Gasteiger partial charge in [0.2, 0.25) is 0 Å². The third kappa shape index (κ3) is 5.81. The molecule has 2 unspecified atom stereocenters. The van der Waals surface area contributed by atoms with Crippen molar-refractivity contribution in [2.45, 2.75) is 18.6 Å². The first-order chi connectivity index (χ1) is 20.1. The molecular formula is C29H27N3O10. The number of rotatable bonds is 9. The minimum absolute atomic E-state index is 0.0129. The number of Topliss-reactive ketones (excluding diaryl/α,β-unsaturated/α-hetero) is 1. The summed E-state index contributed by atoms with van der Waals surface area (Å²) in [5, 5.41) is 23.3. The van der Waals surface area contributed by atoms with Gasteiger partial charge in [-0.2, -0.15) is 0 Å². The molecule has 0 N–H and O–H groups in total. The number of benzene rings is 3. The highest BCUT2D eigenvalue weighted by Gasteiger charge is 2.56. The molecule has 0 amide bonds. The van der Waals surface area contributed by atoms with Crippen LogP contribution in [0.1, 0.15) is 28.8 Å². The third-order valence-electron chi connectivity index (χ3n) is 7.24. The fraction of sp³-hybridized carbons (Fsp3) is 0.276. The molecule has 4 rings (SSSR count). The van der Waals surface area contributed by atoms with Crippen LogP contribution in [0, 0.1) is 32.1 Å². The van der Waals surface area contributed by atoms with Gasteiger partial charge in [0, 0.05) is 30.8 Å². The summed E-state index contributed by atoms with van der Waals surface area (Å²) in [5.41, 5.74) is 0.577. The summed E-state index contributed by atoms with van der Waals surface area (Å²) in [6, 6.07) is 15.5. The normalized spacial score (nSPS) is 20.4. The number of hydrogen-bond acceptors (Lipinski definition) is 11. The number of carbonyl (C=O) groups excluding carboxylic acids is 3. The second-order valence-electron chi connectivity index (χ2n) is 9.52. The topological polar surface area (TPSA) is 168 Å². The summed E-state index contributed by atoms with van der Waals surface area (Å²) in [6.07, 6.45) is 0. The van der Waals surface area contributed by atoms with Crippen LogP contribution in [0.15, 0.2) is 72.8 Å². The van der Waals surface area contributed by atoms with Gasteiger partial charge in [0.15, 0.2) is 5.78 Å². The fourth-order valence-corrected chi connectivity index (χ4v) is 5.36. The van der Waals surface area contributed by atoms with Crippen molar-refractivity contribution in [3.8, 4) is 5.75 Å². The average Bonchev–Trinajstić information content (AvgIpc) is 3.00. The molecule has 0 radical (unpaired) electrons. The van der Waals surface area contributed by atoms with Crippen LogP contribution >= 0.6 is 0 Å². The molecule has 4 atom stereocenters. The molecule has 13 heteroatoms. The molecule has 3 aromatic rings. The minimum Gasteiger partial charge on any atom is -0.497 e. The van der Waals surface area contributed by atoms with Crippen LogP contribution in [0.25, 0.3) is 0 Å². The Hall–Kier alpha value is -5.17. The number of nitrogens with zero attached hydrogens (tertiary/aromatic N) is 3. The molecule has 13 nitrogen and oxygen atoms in total. The zero-order valence-electron chi connectivity index (χ0n) is 22.9. The van der Waals surface area contributed by atoms with Crippen molar-refractivity contribution >= 4 is 29.1 Å². The zero-order chi connectivity index (χ0) is 30.6. The largest absolute Gasteiger partial charge is 0.497 e. The number of esters is 2. The van der Waals surface area contributed by atoms with E-state index >= 15 is 0 Å². The van der Waals surface area contributed by atoms with E-state index in [4.69, 9.17) is 14.2 Å². The maximum Gasteiger partial charge on any atom is 0.318 e. The number of piperidine rings is 1. The fourth-order valence-electron chi connectivity index (χ4n) is 5.36. The molecule has 0 saturated carbocycles. The molecule has 1 heterocycles. The Labute approximate surface area is 239 Å². The molecular weight excluding hydrogens is 550 g/mol. The Kier molecular flexibility index (Phi) is 8.91. The monoisotopic (exact) mass is 577 g/mol. The van der Waals surface area contributed by atoms with Crippen LogP contribution in [-0.2, 0) is 30.4 Å². The Morgan fingerprint density at radius 3 is 1.60 bits per heavy atom. The van der Waals surface area contributed by atoms with Gasteiger partial charge >= 0.3 is 11.9 Å². The van der Waals surface area contributed by atoms with E-state index in [1.165, 1.54) is 55.6 Å². The summed E-state index contributed by atoms with van der Waals surface area (Å²) in [4.78, 5) is 64.4. The van der Waals surface area contributed by atoms with Gasteiger partial charge in [-0.15, -0.1) is 0 Å². The molecule has 1 fully saturated rings. The number of ether oxygens (including phenoxy) is 3. The molecule has 218 valence electrons. The number of nitro benzene ring substituents is 2. The van der Waals surface area contributed by atoms with E-state index in [9.17, 15) is 34.6 Å². The maximum absolute atomic E-state index is 14.1. The van der Waals surface area contributed by atoms with Gasteiger partial charge in [-0.05, 0) is 28.8 Å². The van der Waals surface area contributed by atoms with Crippen LogP contribution < -0.4 is 4.74 Å². The van der Waals surface area contributed by atoms with Crippen LogP contribution in [0.5, 0.6) is 5.75 Å². The second kappa shape index (κ2) is 12.6. The molecule has 1 aliphatic heterocycles. The lowest BCUT2D eigenvalue weighted by atomic mass is 9.72.